The zero-order valence-electron chi connectivity index (χ0n) is 10.3. The van der Waals surface area contributed by atoms with Crippen LogP contribution in [-0.2, 0) is 14.9 Å². The van der Waals surface area contributed by atoms with Crippen LogP contribution in [0.4, 0.5) is 0 Å². The summed E-state index contributed by atoms with van der Waals surface area (Å²) in [6.07, 6.45) is -0.181. The molecule has 6 nitrogen and oxygen atoms in total. The van der Waals surface area contributed by atoms with E-state index in [4.69, 9.17) is 10.5 Å². The second-order valence-corrected chi connectivity index (χ2v) is 5.61. The van der Waals surface area contributed by atoms with E-state index in [2.05, 4.69) is 0 Å². The van der Waals surface area contributed by atoms with Gasteiger partial charge in [-0.25, -0.2) is 0 Å². The van der Waals surface area contributed by atoms with Gasteiger partial charge in [0.25, 0.3) is 10.2 Å². The van der Waals surface area contributed by atoms with Crippen LogP contribution >= 0.6 is 12.4 Å². The summed E-state index contributed by atoms with van der Waals surface area (Å²) in [6, 6.07) is 0. The Hall–Kier alpha value is 0.0800. The van der Waals surface area contributed by atoms with Gasteiger partial charge in [0.2, 0.25) is 0 Å². The monoisotopic (exact) mass is 287 g/mol. The van der Waals surface area contributed by atoms with Crippen molar-refractivity contribution < 1.29 is 13.2 Å². The molecule has 1 rings (SSSR count). The Balaban J connectivity index is 0.00000256. The zero-order chi connectivity index (χ0) is 12.2. The van der Waals surface area contributed by atoms with Crippen LogP contribution in [0.3, 0.4) is 0 Å². The maximum absolute atomic E-state index is 12.2. The molecule has 1 saturated heterocycles. The maximum Gasteiger partial charge on any atom is 0.282 e. The van der Waals surface area contributed by atoms with E-state index in [0.717, 1.165) is 0 Å². The molecule has 1 aliphatic rings. The number of nitrogens with two attached hydrogens (primary N) is 1. The van der Waals surface area contributed by atoms with Crippen molar-refractivity contribution in [3.63, 3.8) is 0 Å². The topological polar surface area (TPSA) is 75.9 Å². The molecule has 0 spiro atoms. The highest BCUT2D eigenvalue weighted by molar-refractivity contribution is 7.86. The molecule has 104 valence electrons. The van der Waals surface area contributed by atoms with Gasteiger partial charge in [-0.3, -0.25) is 0 Å². The fraction of sp³-hybridized carbons (Fsp3) is 1.00. The second-order valence-electron chi connectivity index (χ2n) is 3.68. The van der Waals surface area contributed by atoms with Gasteiger partial charge in [0.05, 0.1) is 12.7 Å². The minimum absolute atomic E-state index is 0. The predicted molar refractivity (Wildman–Crippen MR) is 69.5 cm³/mol. The Morgan fingerprint density at radius 1 is 1.41 bits per heavy atom. The lowest BCUT2D eigenvalue weighted by atomic mass is 10.3. The predicted octanol–water partition coefficient (Wildman–Crippen LogP) is -0.346. The van der Waals surface area contributed by atoms with Gasteiger partial charge in [0.1, 0.15) is 0 Å². The first-order valence-corrected chi connectivity index (χ1v) is 7.02. The van der Waals surface area contributed by atoms with Gasteiger partial charge in [-0.2, -0.15) is 17.0 Å². The zero-order valence-corrected chi connectivity index (χ0v) is 12.0. The van der Waals surface area contributed by atoms with Crippen molar-refractivity contribution in [2.75, 3.05) is 39.3 Å². The van der Waals surface area contributed by atoms with E-state index >= 15 is 0 Å². The molecule has 17 heavy (non-hydrogen) atoms. The lowest BCUT2D eigenvalue weighted by Crippen LogP contribution is -2.52. The van der Waals surface area contributed by atoms with E-state index in [1.54, 1.807) is 0 Å². The summed E-state index contributed by atoms with van der Waals surface area (Å²) in [5.74, 6) is 0. The molecule has 1 heterocycles. The first-order valence-electron chi connectivity index (χ1n) is 5.63. The molecule has 0 saturated carbocycles. The van der Waals surface area contributed by atoms with Crippen LogP contribution in [0.1, 0.15) is 13.8 Å². The molecule has 0 aromatic rings. The van der Waals surface area contributed by atoms with Gasteiger partial charge in [-0.05, 0) is 0 Å². The van der Waals surface area contributed by atoms with Crippen molar-refractivity contribution in [2.24, 2.45) is 5.73 Å². The quantitative estimate of drug-likeness (QED) is 0.750. The van der Waals surface area contributed by atoms with Crippen molar-refractivity contribution in [3.8, 4) is 0 Å². The molecule has 0 aromatic heterocycles. The van der Waals surface area contributed by atoms with Crippen molar-refractivity contribution in [2.45, 2.75) is 20.0 Å². The normalized spacial score (nSPS) is 22.5. The van der Waals surface area contributed by atoms with E-state index < -0.39 is 10.2 Å². The van der Waals surface area contributed by atoms with Gasteiger partial charge in [-0.15, -0.1) is 12.4 Å². The number of hydrogen-bond donors (Lipinski definition) is 1. The average Bonchev–Trinajstić information content (AvgIpc) is 2.30. The van der Waals surface area contributed by atoms with E-state index in [0.29, 0.717) is 39.3 Å². The third-order valence-electron chi connectivity index (χ3n) is 2.72. The third kappa shape index (κ3) is 4.04. The third-order valence-corrected chi connectivity index (χ3v) is 4.88. The summed E-state index contributed by atoms with van der Waals surface area (Å²) in [4.78, 5) is 0. The van der Waals surface area contributed by atoms with E-state index in [1.807, 2.05) is 13.8 Å². The number of hydrogen-bond acceptors (Lipinski definition) is 4. The van der Waals surface area contributed by atoms with E-state index in [1.165, 1.54) is 8.61 Å². The molecular weight excluding hydrogens is 266 g/mol. The maximum atomic E-state index is 12.2. The van der Waals surface area contributed by atoms with Crippen LogP contribution < -0.4 is 5.73 Å². The number of halogens is 1. The minimum Gasteiger partial charge on any atom is -0.374 e. The van der Waals surface area contributed by atoms with Crippen molar-refractivity contribution in [3.05, 3.63) is 0 Å². The molecule has 0 bridgehead atoms. The van der Waals surface area contributed by atoms with Crippen molar-refractivity contribution >= 4 is 22.6 Å². The highest BCUT2D eigenvalue weighted by Gasteiger charge is 2.32. The van der Waals surface area contributed by atoms with Gasteiger partial charge in [-0.1, -0.05) is 13.8 Å². The number of nitrogens with zero attached hydrogens (tertiary/aromatic N) is 2. The molecule has 1 fully saturated rings. The Morgan fingerprint density at radius 3 is 2.47 bits per heavy atom. The van der Waals surface area contributed by atoms with Crippen LogP contribution in [-0.4, -0.2) is 62.5 Å². The summed E-state index contributed by atoms with van der Waals surface area (Å²) >= 11 is 0. The first kappa shape index (κ1) is 17.1. The lowest BCUT2D eigenvalue weighted by molar-refractivity contribution is 0.00279. The highest BCUT2D eigenvalue weighted by Crippen LogP contribution is 2.13. The molecule has 1 unspecified atom stereocenters. The number of rotatable bonds is 5. The molecule has 8 heteroatoms. The molecule has 0 radical (unpaired) electrons. The van der Waals surface area contributed by atoms with Crippen molar-refractivity contribution in [1.82, 2.24) is 8.61 Å². The van der Waals surface area contributed by atoms with Gasteiger partial charge in [0.15, 0.2) is 0 Å². The SMILES string of the molecule is CCN(CC)S(=O)(=O)N1CCOC(CN)C1.Cl. The fourth-order valence-electron chi connectivity index (χ4n) is 1.76. The lowest BCUT2D eigenvalue weighted by Gasteiger charge is -2.34. The van der Waals surface area contributed by atoms with Gasteiger partial charge < -0.3 is 10.5 Å². The average molecular weight is 288 g/mol. The minimum atomic E-state index is -3.34. The largest absolute Gasteiger partial charge is 0.374 e. The molecule has 0 aliphatic carbocycles. The summed E-state index contributed by atoms with van der Waals surface area (Å²) < 4.78 is 32.6. The molecule has 0 amide bonds. The van der Waals surface area contributed by atoms with Gasteiger partial charge in [0, 0.05) is 32.7 Å². The van der Waals surface area contributed by atoms with Crippen LogP contribution in [0.5, 0.6) is 0 Å². The molecule has 2 N–H and O–H groups in total. The summed E-state index contributed by atoms with van der Waals surface area (Å²) in [6.45, 7) is 6.19. The Labute approximate surface area is 110 Å². The van der Waals surface area contributed by atoms with E-state index in [9.17, 15) is 8.42 Å². The number of ether oxygens (including phenoxy) is 1. The van der Waals surface area contributed by atoms with Crippen LogP contribution in [0.25, 0.3) is 0 Å². The number of morpholine rings is 1. The fourth-order valence-corrected chi connectivity index (χ4v) is 3.40. The molecule has 0 aromatic carbocycles. The molecule has 1 atom stereocenters. The molecular formula is C9H22ClN3O3S. The Morgan fingerprint density at radius 2 is 2.00 bits per heavy atom. The highest BCUT2D eigenvalue weighted by atomic mass is 35.5. The van der Waals surface area contributed by atoms with E-state index in [-0.39, 0.29) is 18.5 Å². The van der Waals surface area contributed by atoms with Gasteiger partial charge >= 0.3 is 0 Å². The summed E-state index contributed by atoms with van der Waals surface area (Å²) in [7, 11) is -3.34. The Kier molecular flexibility index (Phi) is 7.54. The molecule has 1 aliphatic heterocycles. The summed E-state index contributed by atoms with van der Waals surface area (Å²) in [5, 5.41) is 0. The van der Waals surface area contributed by atoms with Crippen LogP contribution in [0, 0.1) is 0 Å². The smallest absolute Gasteiger partial charge is 0.282 e. The van der Waals surface area contributed by atoms with Crippen LogP contribution in [0.15, 0.2) is 0 Å². The first-order chi connectivity index (χ1) is 7.56. The second kappa shape index (κ2) is 7.50. The Bertz CT molecular complexity index is 309. The standard InChI is InChI=1S/C9H21N3O3S.ClH/c1-3-11(4-2)16(13,14)12-5-6-15-9(7-10)8-12;/h9H,3-8,10H2,1-2H3;1H. The summed E-state index contributed by atoms with van der Waals surface area (Å²) in [5.41, 5.74) is 5.49. The van der Waals surface area contributed by atoms with Crippen LogP contribution in [0.2, 0.25) is 0 Å². The van der Waals surface area contributed by atoms with Crippen molar-refractivity contribution in [1.29, 1.82) is 0 Å².